The lowest BCUT2D eigenvalue weighted by Crippen LogP contribution is -2.41. The highest BCUT2D eigenvalue weighted by Gasteiger charge is 2.34. The molecule has 14 nitrogen and oxygen atoms in total. The van der Waals surface area contributed by atoms with Crippen LogP contribution in [0.15, 0.2) is 136 Å². The molecule has 4 amide bonds. The van der Waals surface area contributed by atoms with Crippen LogP contribution in [0.1, 0.15) is 130 Å². The zero-order valence-corrected chi connectivity index (χ0v) is 47.4. The standard InChI is InChI=1S/C60H72N10O4.4CH3/c1-61-35-37-63(43-61)31-15-33-69-57(71)51-21-13-19-49-47(23-25-53(55(49)51)59(69)73)17-7-3-5-9-27-65-39-41-67(45-65)29-11-12-30-68-42-40-66(46-68)28-10-6-4-8-18-48-24-26-54-56-50(48)20-14-22-52(56)58(72)70(60(54)74)34-16-32-64-38-36-62(2)44-64;;;;/h13-14,19-26,35-46H,3-12,15-18,27-34H2,1-2H3;4*1H3/q+4;4*-1. The minimum absolute atomic E-state index is 0. The summed E-state index contributed by atoms with van der Waals surface area (Å²) in [6.07, 6.45) is 39.7. The minimum Gasteiger partial charge on any atom is -0.358 e. The van der Waals surface area contributed by atoms with E-state index in [0.29, 0.717) is 48.2 Å². The van der Waals surface area contributed by atoms with E-state index >= 15 is 0 Å². The number of amides is 4. The molecule has 4 aromatic heterocycles. The fourth-order valence-electron chi connectivity index (χ4n) is 11.3. The van der Waals surface area contributed by atoms with Crippen LogP contribution in [0.3, 0.4) is 0 Å². The van der Waals surface area contributed by atoms with Gasteiger partial charge in [-0.05, 0) is 110 Å². The van der Waals surface area contributed by atoms with E-state index in [-0.39, 0.29) is 53.3 Å². The third-order valence-corrected chi connectivity index (χ3v) is 15.2. The topological polar surface area (TPSA) is 110 Å². The monoisotopic (exact) mass is 1060 g/mol. The first-order valence-corrected chi connectivity index (χ1v) is 27.1. The summed E-state index contributed by atoms with van der Waals surface area (Å²) in [4.78, 5) is 57.1. The Bertz CT molecular complexity index is 3040. The number of aromatic nitrogens is 8. The van der Waals surface area contributed by atoms with Gasteiger partial charge in [0.15, 0.2) is 0 Å². The molecule has 0 fully saturated rings. The van der Waals surface area contributed by atoms with Crippen molar-refractivity contribution in [2.75, 3.05) is 13.1 Å². The van der Waals surface area contributed by atoms with Crippen molar-refractivity contribution in [2.45, 2.75) is 129 Å². The summed E-state index contributed by atoms with van der Waals surface area (Å²) in [6, 6.07) is 19.9. The Labute approximate surface area is 463 Å². The Morgan fingerprint density at radius 1 is 0.359 bits per heavy atom. The number of imidazole rings is 4. The molecular weight excluding hydrogens is 973 g/mol. The average Bonchev–Trinajstić information content (AvgIpc) is 4.25. The first-order chi connectivity index (χ1) is 36.2. The van der Waals surface area contributed by atoms with Crippen LogP contribution in [0.25, 0.3) is 21.5 Å². The number of carbonyl (C=O) groups excluding carboxylic acids is 4. The molecular formula is C64H84N10O4. The zero-order valence-electron chi connectivity index (χ0n) is 47.4. The van der Waals surface area contributed by atoms with Crippen molar-refractivity contribution in [3.63, 3.8) is 0 Å². The first-order valence-electron chi connectivity index (χ1n) is 27.1. The number of imide groups is 2. The number of benzene rings is 4. The van der Waals surface area contributed by atoms with Crippen LogP contribution >= 0.6 is 0 Å². The molecule has 0 saturated heterocycles. The van der Waals surface area contributed by atoms with E-state index in [9.17, 15) is 19.2 Å². The van der Waals surface area contributed by atoms with Gasteiger partial charge < -0.3 is 29.7 Å². The van der Waals surface area contributed by atoms with Crippen molar-refractivity contribution in [3.8, 4) is 0 Å². The number of unbranched alkanes of at least 4 members (excludes halogenated alkanes) is 7. The normalized spacial score (nSPS) is 12.7. The van der Waals surface area contributed by atoms with Gasteiger partial charge in [-0.1, -0.05) is 49.2 Å². The van der Waals surface area contributed by atoms with Crippen LogP contribution in [0.4, 0.5) is 0 Å². The summed E-state index contributed by atoms with van der Waals surface area (Å²) in [5.74, 6) is -0.743. The van der Waals surface area contributed by atoms with Gasteiger partial charge in [0, 0.05) is 59.0 Å². The molecule has 0 N–H and O–H groups in total. The Kier molecular flexibility index (Phi) is 21.2. The van der Waals surface area contributed by atoms with Gasteiger partial charge in [-0.3, -0.25) is 29.0 Å². The van der Waals surface area contributed by atoms with Crippen LogP contribution in [-0.2, 0) is 66.2 Å². The first kappa shape index (κ1) is 59.8. The summed E-state index contributed by atoms with van der Waals surface area (Å²) in [7, 11) is 3.96. The van der Waals surface area contributed by atoms with Gasteiger partial charge in [-0.2, -0.15) is 0 Å². The molecule has 4 aromatic carbocycles. The lowest BCUT2D eigenvalue weighted by Gasteiger charge is -2.27. The molecule has 2 aliphatic rings. The smallest absolute Gasteiger partial charge is 0.261 e. The number of aryl methyl sites for hydroxylation is 10. The summed E-state index contributed by atoms with van der Waals surface area (Å²) >= 11 is 0. The number of carbonyl (C=O) groups is 4. The SMILES string of the molecule is C[n+]1ccn(CCCN2C(=O)c3cccc4c(CCCCCC[n+]5ccn(CCCCn6cc[n+](CCCCCCc7ccc8c9c(cccc79)C(=O)N(CCCn7cc[n+](C)c7)C8=O)c6)c5)ccc(c34)C2=O)c1.[CH3-].[CH3-].[CH3-].[CH3-]. The van der Waals surface area contributed by atoms with Gasteiger partial charge in [0.1, 0.15) is 49.6 Å². The summed E-state index contributed by atoms with van der Waals surface area (Å²) < 4.78 is 17.3. The molecule has 0 aliphatic carbocycles. The zero-order chi connectivity index (χ0) is 51.0. The van der Waals surface area contributed by atoms with E-state index in [1.807, 2.05) is 97.1 Å². The molecule has 0 atom stereocenters. The van der Waals surface area contributed by atoms with Gasteiger partial charge in [0.05, 0.1) is 53.4 Å². The van der Waals surface area contributed by atoms with E-state index in [2.05, 4.69) is 89.1 Å². The molecule has 6 heterocycles. The molecule has 0 radical (unpaired) electrons. The van der Waals surface area contributed by atoms with Crippen molar-refractivity contribution in [3.05, 3.63) is 199 Å². The Morgan fingerprint density at radius 2 is 0.718 bits per heavy atom. The largest absolute Gasteiger partial charge is 0.358 e. The van der Waals surface area contributed by atoms with E-state index in [1.54, 1.807) is 0 Å². The van der Waals surface area contributed by atoms with Crippen LogP contribution in [0.2, 0.25) is 0 Å². The fraction of sp³-hybridized carbons (Fsp3) is 0.375. The summed E-state index contributed by atoms with van der Waals surface area (Å²) in [5.41, 5.74) is 4.97. The molecule has 0 unspecified atom stereocenters. The third kappa shape index (κ3) is 13.6. The maximum atomic E-state index is 13.6. The van der Waals surface area contributed by atoms with Crippen molar-refractivity contribution in [1.29, 1.82) is 0 Å². The van der Waals surface area contributed by atoms with Gasteiger partial charge in [-0.15, -0.1) is 0 Å². The molecule has 78 heavy (non-hydrogen) atoms. The van der Waals surface area contributed by atoms with E-state index in [4.69, 9.17) is 0 Å². The Morgan fingerprint density at radius 3 is 1.12 bits per heavy atom. The van der Waals surface area contributed by atoms with Crippen molar-refractivity contribution < 1.29 is 37.4 Å². The Hall–Kier alpha value is -7.48. The maximum Gasteiger partial charge on any atom is 0.261 e. The van der Waals surface area contributed by atoms with Gasteiger partial charge in [-0.25, -0.2) is 36.5 Å². The number of hydrogen-bond acceptors (Lipinski definition) is 4. The second kappa shape index (κ2) is 27.7. The van der Waals surface area contributed by atoms with Gasteiger partial charge >= 0.3 is 0 Å². The molecule has 8 aromatic rings. The van der Waals surface area contributed by atoms with Gasteiger partial charge in [0.2, 0.25) is 25.3 Å². The number of hydrogen-bond donors (Lipinski definition) is 0. The minimum atomic E-state index is -0.186. The van der Waals surface area contributed by atoms with Crippen molar-refractivity contribution >= 4 is 45.2 Å². The van der Waals surface area contributed by atoms with E-state index in [0.717, 1.165) is 138 Å². The molecule has 0 bridgehead atoms. The summed E-state index contributed by atoms with van der Waals surface area (Å²) in [6.45, 7) is 6.32. The summed E-state index contributed by atoms with van der Waals surface area (Å²) in [5, 5.41) is 3.71. The quantitative estimate of drug-likeness (QED) is 0.0221. The lowest BCUT2D eigenvalue weighted by atomic mass is 9.89. The Balaban J connectivity index is 0.00000246. The third-order valence-electron chi connectivity index (χ3n) is 15.2. The highest BCUT2D eigenvalue weighted by molar-refractivity contribution is 6.26. The van der Waals surface area contributed by atoms with Crippen LogP contribution < -0.4 is 18.3 Å². The molecule has 0 saturated carbocycles. The maximum absolute atomic E-state index is 13.6. The van der Waals surface area contributed by atoms with Crippen LogP contribution in [-0.4, -0.2) is 64.8 Å². The van der Waals surface area contributed by atoms with Crippen molar-refractivity contribution in [2.24, 2.45) is 14.1 Å². The fourth-order valence-corrected chi connectivity index (χ4v) is 11.3. The second-order valence-electron chi connectivity index (χ2n) is 20.7. The number of rotatable bonds is 27. The average molecular weight is 1060 g/mol. The number of nitrogens with zero attached hydrogens (tertiary/aromatic N) is 10. The molecule has 414 valence electrons. The lowest BCUT2D eigenvalue weighted by molar-refractivity contribution is -0.697. The second-order valence-corrected chi connectivity index (χ2v) is 20.7. The highest BCUT2D eigenvalue weighted by atomic mass is 16.2. The van der Waals surface area contributed by atoms with Crippen molar-refractivity contribution in [1.82, 2.24) is 28.1 Å². The predicted octanol–water partition coefficient (Wildman–Crippen LogP) is 9.68. The van der Waals surface area contributed by atoms with Crippen LogP contribution in [0, 0.1) is 29.7 Å². The van der Waals surface area contributed by atoms with E-state index in [1.165, 1.54) is 20.9 Å². The van der Waals surface area contributed by atoms with Crippen LogP contribution in [0.5, 0.6) is 0 Å². The van der Waals surface area contributed by atoms with Gasteiger partial charge in [0.25, 0.3) is 23.6 Å². The van der Waals surface area contributed by atoms with E-state index < -0.39 is 0 Å². The molecule has 10 rings (SSSR count). The predicted molar refractivity (Wildman–Crippen MR) is 308 cm³/mol. The molecule has 2 aliphatic heterocycles. The highest BCUT2D eigenvalue weighted by Crippen LogP contribution is 2.35. The molecule has 14 heteroatoms. The molecule has 0 spiro atoms.